The van der Waals surface area contributed by atoms with Crippen LogP contribution >= 0.6 is 0 Å². The maximum atomic E-state index is 12.3. The van der Waals surface area contributed by atoms with Gasteiger partial charge in [-0.3, -0.25) is 0 Å². The second-order valence-corrected chi connectivity index (χ2v) is 7.05. The van der Waals surface area contributed by atoms with E-state index in [4.69, 9.17) is 9.47 Å². The van der Waals surface area contributed by atoms with Gasteiger partial charge in [0.2, 0.25) is 0 Å². The van der Waals surface area contributed by atoms with E-state index in [2.05, 4.69) is 13.5 Å². The lowest BCUT2D eigenvalue weighted by molar-refractivity contribution is -0.138. The molecule has 0 N–H and O–H groups in total. The molecule has 1 aliphatic rings. The Bertz CT molecular complexity index is 583. The van der Waals surface area contributed by atoms with Gasteiger partial charge in [0.1, 0.15) is 12.7 Å². The Morgan fingerprint density at radius 1 is 1.12 bits per heavy atom. The normalized spacial score (nSPS) is 19.6. The van der Waals surface area contributed by atoms with Crippen molar-refractivity contribution in [2.45, 2.75) is 71.0 Å². The van der Waals surface area contributed by atoms with Crippen LogP contribution in [0.3, 0.4) is 0 Å². The molecular formula is C22H30O4. The highest BCUT2D eigenvalue weighted by molar-refractivity contribution is 5.89. The number of unbranched alkanes of at least 4 members (excludes halogenated alkanes) is 2. The smallest absolute Gasteiger partial charge is 0.338 e. The Morgan fingerprint density at radius 2 is 1.81 bits per heavy atom. The highest BCUT2D eigenvalue weighted by atomic mass is 16.5. The summed E-state index contributed by atoms with van der Waals surface area (Å²) in [7, 11) is 0. The van der Waals surface area contributed by atoms with Gasteiger partial charge in [0.05, 0.1) is 5.56 Å². The summed E-state index contributed by atoms with van der Waals surface area (Å²) in [5.41, 5.74) is 1.36. The summed E-state index contributed by atoms with van der Waals surface area (Å²) in [6.07, 6.45) is 10.6. The fourth-order valence-electron chi connectivity index (χ4n) is 3.39. The molecule has 0 amide bonds. The third-order valence-electron chi connectivity index (χ3n) is 5.02. The minimum Gasteiger partial charge on any atom is -0.459 e. The Balaban J connectivity index is 1.74. The molecule has 0 heterocycles. The molecule has 0 spiro atoms. The molecule has 1 aliphatic carbocycles. The second kappa shape index (κ2) is 10.8. The summed E-state index contributed by atoms with van der Waals surface area (Å²) in [6.45, 7) is 5.75. The largest absolute Gasteiger partial charge is 0.459 e. The molecule has 1 aromatic rings. The SMILES string of the molecule is C=CC(=O)OCc1ccc(C(=O)OC2CCC(CCCCC)CC2)cc1. The van der Waals surface area contributed by atoms with Gasteiger partial charge in [-0.1, -0.05) is 51.3 Å². The van der Waals surface area contributed by atoms with Crippen LogP contribution in [0.4, 0.5) is 0 Å². The van der Waals surface area contributed by atoms with Gasteiger partial charge in [0, 0.05) is 6.08 Å². The number of rotatable bonds is 9. The lowest BCUT2D eigenvalue weighted by Crippen LogP contribution is -2.24. The molecular weight excluding hydrogens is 328 g/mol. The van der Waals surface area contributed by atoms with E-state index < -0.39 is 5.97 Å². The van der Waals surface area contributed by atoms with Crippen LogP contribution in [0.25, 0.3) is 0 Å². The molecule has 0 atom stereocenters. The summed E-state index contributed by atoms with van der Waals surface area (Å²) < 4.78 is 10.6. The van der Waals surface area contributed by atoms with E-state index >= 15 is 0 Å². The summed E-state index contributed by atoms with van der Waals surface area (Å²) in [5, 5.41) is 0. The fourth-order valence-corrected chi connectivity index (χ4v) is 3.39. The fraction of sp³-hybridized carbons (Fsp3) is 0.545. The first-order chi connectivity index (χ1) is 12.6. The van der Waals surface area contributed by atoms with Crippen molar-refractivity contribution >= 4 is 11.9 Å². The van der Waals surface area contributed by atoms with Crippen molar-refractivity contribution in [3.63, 3.8) is 0 Å². The molecule has 26 heavy (non-hydrogen) atoms. The average molecular weight is 358 g/mol. The van der Waals surface area contributed by atoms with Crippen molar-refractivity contribution < 1.29 is 19.1 Å². The number of benzene rings is 1. The van der Waals surface area contributed by atoms with Crippen LogP contribution in [0.1, 0.15) is 74.2 Å². The summed E-state index contributed by atoms with van der Waals surface area (Å²) in [4.78, 5) is 23.4. The molecule has 1 aromatic carbocycles. The average Bonchev–Trinajstić information content (AvgIpc) is 2.68. The van der Waals surface area contributed by atoms with Crippen LogP contribution in [0.5, 0.6) is 0 Å². The molecule has 0 saturated heterocycles. The zero-order chi connectivity index (χ0) is 18.8. The van der Waals surface area contributed by atoms with Gasteiger partial charge < -0.3 is 9.47 Å². The number of hydrogen-bond acceptors (Lipinski definition) is 4. The third kappa shape index (κ3) is 6.66. The van der Waals surface area contributed by atoms with E-state index in [1.54, 1.807) is 24.3 Å². The first-order valence-electron chi connectivity index (χ1n) is 9.71. The van der Waals surface area contributed by atoms with Crippen molar-refractivity contribution in [1.82, 2.24) is 0 Å². The van der Waals surface area contributed by atoms with Crippen molar-refractivity contribution in [1.29, 1.82) is 0 Å². The van der Waals surface area contributed by atoms with Crippen LogP contribution in [0, 0.1) is 5.92 Å². The number of carbonyl (C=O) groups is 2. The molecule has 1 saturated carbocycles. The topological polar surface area (TPSA) is 52.6 Å². The molecule has 2 rings (SSSR count). The quantitative estimate of drug-likeness (QED) is 0.345. The van der Waals surface area contributed by atoms with Crippen molar-refractivity contribution in [3.8, 4) is 0 Å². The molecule has 142 valence electrons. The molecule has 0 unspecified atom stereocenters. The van der Waals surface area contributed by atoms with E-state index in [9.17, 15) is 9.59 Å². The molecule has 0 bridgehead atoms. The van der Waals surface area contributed by atoms with E-state index in [-0.39, 0.29) is 18.7 Å². The van der Waals surface area contributed by atoms with E-state index in [1.807, 2.05) is 0 Å². The van der Waals surface area contributed by atoms with Gasteiger partial charge in [0.25, 0.3) is 0 Å². The van der Waals surface area contributed by atoms with Gasteiger partial charge >= 0.3 is 11.9 Å². The van der Waals surface area contributed by atoms with Gasteiger partial charge in [-0.15, -0.1) is 0 Å². The van der Waals surface area contributed by atoms with E-state index in [0.717, 1.165) is 43.2 Å². The van der Waals surface area contributed by atoms with Crippen LogP contribution < -0.4 is 0 Å². The van der Waals surface area contributed by atoms with E-state index in [1.165, 1.54) is 25.7 Å². The van der Waals surface area contributed by atoms with Crippen LogP contribution in [-0.4, -0.2) is 18.0 Å². The number of ether oxygens (including phenoxy) is 2. The van der Waals surface area contributed by atoms with E-state index in [0.29, 0.717) is 5.56 Å². The molecule has 4 heteroatoms. The van der Waals surface area contributed by atoms with Crippen LogP contribution in [0.15, 0.2) is 36.9 Å². The van der Waals surface area contributed by atoms with Crippen LogP contribution in [0.2, 0.25) is 0 Å². The maximum absolute atomic E-state index is 12.3. The standard InChI is InChI=1S/C22H30O4/c1-3-5-6-7-17-10-14-20(15-11-17)26-22(24)19-12-8-18(9-13-19)16-25-21(23)4-2/h4,8-9,12-13,17,20H,2-3,5-7,10-11,14-16H2,1H3. The predicted octanol–water partition coefficient (Wildman–Crippen LogP) is 5.21. The van der Waals surface area contributed by atoms with Crippen molar-refractivity contribution in [3.05, 3.63) is 48.0 Å². The van der Waals surface area contributed by atoms with Gasteiger partial charge in [-0.25, -0.2) is 9.59 Å². The number of carbonyl (C=O) groups excluding carboxylic acids is 2. The number of hydrogen-bond donors (Lipinski definition) is 0. The van der Waals surface area contributed by atoms with Crippen molar-refractivity contribution in [2.75, 3.05) is 0 Å². The minimum absolute atomic E-state index is 0.0400. The molecule has 0 radical (unpaired) electrons. The third-order valence-corrected chi connectivity index (χ3v) is 5.02. The van der Waals surface area contributed by atoms with Gasteiger partial charge in [-0.05, 0) is 49.3 Å². The maximum Gasteiger partial charge on any atom is 0.338 e. The Hall–Kier alpha value is -2.10. The summed E-state index contributed by atoms with van der Waals surface area (Å²) in [5.74, 6) is 0.0712. The molecule has 0 aliphatic heterocycles. The van der Waals surface area contributed by atoms with Crippen LogP contribution in [-0.2, 0) is 20.9 Å². The minimum atomic E-state index is -0.459. The summed E-state index contributed by atoms with van der Waals surface area (Å²) in [6, 6.07) is 6.99. The van der Waals surface area contributed by atoms with Gasteiger partial charge in [-0.2, -0.15) is 0 Å². The van der Waals surface area contributed by atoms with Gasteiger partial charge in [0.15, 0.2) is 0 Å². The molecule has 1 fully saturated rings. The Morgan fingerprint density at radius 3 is 2.42 bits per heavy atom. The first kappa shape index (κ1) is 20.2. The zero-order valence-electron chi connectivity index (χ0n) is 15.7. The molecule has 0 aromatic heterocycles. The van der Waals surface area contributed by atoms with Crippen molar-refractivity contribution in [2.24, 2.45) is 5.92 Å². The lowest BCUT2D eigenvalue weighted by Gasteiger charge is -2.28. The highest BCUT2D eigenvalue weighted by Crippen LogP contribution is 2.30. The second-order valence-electron chi connectivity index (χ2n) is 7.05. The lowest BCUT2D eigenvalue weighted by atomic mass is 9.84. The summed E-state index contributed by atoms with van der Waals surface area (Å²) >= 11 is 0. The predicted molar refractivity (Wildman–Crippen MR) is 102 cm³/mol. The number of esters is 2. The highest BCUT2D eigenvalue weighted by Gasteiger charge is 2.24. The Kier molecular flexibility index (Phi) is 8.39. The Labute approximate surface area is 156 Å². The zero-order valence-corrected chi connectivity index (χ0v) is 15.7. The first-order valence-corrected chi connectivity index (χ1v) is 9.71. The molecule has 4 nitrogen and oxygen atoms in total. The monoisotopic (exact) mass is 358 g/mol.